The predicted octanol–water partition coefficient (Wildman–Crippen LogP) is 5.75. The number of carbonyl (C=O) groups is 1. The van der Waals surface area contributed by atoms with Crippen LogP contribution in [-0.4, -0.2) is 100 Å². The Bertz CT molecular complexity index is 1760. The standard InChI is InChI=1S/C38H49N7O3/c1-26-23-27(24-33(39-26)31-7-5-6-8-35(31)48-4)36(46)41-37-40-32-10-9-30(25-34(32)45(37)29-11-15-38(2,47)16-12-29)43-17-13-28(14-18-43)44-21-19-42(3)20-22-44/h5-10,23-25,28-29,47H,11-22H2,1-4H3,(H,40,41,46). The minimum absolute atomic E-state index is 0.118. The number of rotatable bonds is 7. The van der Waals surface area contributed by atoms with Gasteiger partial charge in [0.1, 0.15) is 5.75 Å². The summed E-state index contributed by atoms with van der Waals surface area (Å²) in [7, 11) is 3.85. The van der Waals surface area contributed by atoms with E-state index in [9.17, 15) is 9.90 Å². The molecule has 1 saturated carbocycles. The molecule has 48 heavy (non-hydrogen) atoms. The maximum absolute atomic E-state index is 13.9. The number of methoxy groups -OCH3 is 1. The summed E-state index contributed by atoms with van der Waals surface area (Å²) in [6.07, 6.45) is 5.37. The number of para-hydroxylation sites is 1. The molecule has 10 nitrogen and oxygen atoms in total. The number of fused-ring (bicyclic) bond motifs is 1. The number of likely N-dealkylation sites (N-methyl/N-ethyl adjacent to an activating group) is 1. The average Bonchev–Trinajstić information content (AvgIpc) is 3.45. The fourth-order valence-corrected chi connectivity index (χ4v) is 7.86. The minimum atomic E-state index is -0.668. The third-order valence-corrected chi connectivity index (χ3v) is 10.8. The molecule has 3 aliphatic rings. The van der Waals surface area contributed by atoms with Crippen molar-refractivity contribution in [2.75, 3.05) is 63.6 Å². The third-order valence-electron chi connectivity index (χ3n) is 10.8. The van der Waals surface area contributed by atoms with Crippen molar-refractivity contribution >= 4 is 28.6 Å². The first-order valence-corrected chi connectivity index (χ1v) is 17.5. The number of nitrogens with zero attached hydrogens (tertiary/aromatic N) is 6. The largest absolute Gasteiger partial charge is 0.496 e. The van der Waals surface area contributed by atoms with E-state index >= 15 is 0 Å². The van der Waals surface area contributed by atoms with Crippen LogP contribution in [0, 0.1) is 6.92 Å². The third kappa shape index (κ3) is 6.79. The maximum atomic E-state index is 13.9. The van der Waals surface area contributed by atoms with Crippen LogP contribution >= 0.6 is 0 Å². The number of piperidine rings is 1. The van der Waals surface area contributed by atoms with Gasteiger partial charge in [0.05, 0.1) is 29.4 Å². The van der Waals surface area contributed by atoms with E-state index in [1.165, 1.54) is 18.5 Å². The maximum Gasteiger partial charge on any atom is 0.258 e. The molecule has 2 aliphatic heterocycles. The van der Waals surface area contributed by atoms with E-state index in [2.05, 4.69) is 49.8 Å². The Morgan fingerprint density at radius 3 is 2.38 bits per heavy atom. The summed E-state index contributed by atoms with van der Waals surface area (Å²) < 4.78 is 7.80. The van der Waals surface area contributed by atoms with Gasteiger partial charge in [0.15, 0.2) is 0 Å². The van der Waals surface area contributed by atoms with Gasteiger partial charge in [0.25, 0.3) is 5.91 Å². The molecule has 2 saturated heterocycles. The second kappa shape index (κ2) is 13.5. The van der Waals surface area contributed by atoms with Crippen LogP contribution < -0.4 is 15.0 Å². The number of benzene rings is 2. The number of ether oxygens (including phenoxy) is 1. The Morgan fingerprint density at radius 2 is 1.65 bits per heavy atom. The molecule has 0 bridgehead atoms. The highest BCUT2D eigenvalue weighted by molar-refractivity contribution is 6.05. The van der Waals surface area contributed by atoms with Crippen molar-refractivity contribution in [3.63, 3.8) is 0 Å². The number of imidazole rings is 1. The lowest BCUT2D eigenvalue weighted by molar-refractivity contribution is 0.0106. The lowest BCUT2D eigenvalue weighted by atomic mass is 9.83. The Balaban J connectivity index is 1.17. The van der Waals surface area contributed by atoms with Gasteiger partial charge in [-0.25, -0.2) is 4.98 Å². The number of piperazine rings is 1. The van der Waals surface area contributed by atoms with Crippen LogP contribution in [0.2, 0.25) is 0 Å². The number of aryl methyl sites for hydroxylation is 1. The lowest BCUT2D eigenvalue weighted by Gasteiger charge is -2.42. The van der Waals surface area contributed by atoms with Gasteiger partial charge in [-0.05, 0) is 102 Å². The van der Waals surface area contributed by atoms with Gasteiger partial charge >= 0.3 is 0 Å². The van der Waals surface area contributed by atoms with Crippen molar-refractivity contribution in [2.45, 2.75) is 70.1 Å². The van der Waals surface area contributed by atoms with E-state index in [1.807, 2.05) is 50.2 Å². The SMILES string of the molecule is COc1ccccc1-c1cc(C(=O)Nc2nc3ccc(N4CCC(N5CCN(C)CC5)CC4)cc3n2C2CCC(C)(O)CC2)cc(C)n1. The van der Waals surface area contributed by atoms with Crippen LogP contribution in [0.15, 0.2) is 54.6 Å². The first-order chi connectivity index (χ1) is 23.2. The van der Waals surface area contributed by atoms with Gasteiger partial charge in [0.2, 0.25) is 5.95 Å². The molecule has 1 aliphatic carbocycles. The Morgan fingerprint density at radius 1 is 0.917 bits per heavy atom. The number of carbonyl (C=O) groups excluding carboxylic acids is 1. The molecule has 3 fully saturated rings. The summed E-state index contributed by atoms with van der Waals surface area (Å²) in [6, 6.07) is 18.6. The summed E-state index contributed by atoms with van der Waals surface area (Å²) in [4.78, 5) is 31.3. The number of nitrogens with one attached hydrogen (secondary N) is 1. The smallest absolute Gasteiger partial charge is 0.258 e. The van der Waals surface area contributed by atoms with Crippen molar-refractivity contribution in [1.82, 2.24) is 24.3 Å². The van der Waals surface area contributed by atoms with Crippen LogP contribution in [0.3, 0.4) is 0 Å². The molecule has 2 aromatic heterocycles. The molecule has 0 unspecified atom stereocenters. The van der Waals surface area contributed by atoms with Gasteiger partial charge < -0.3 is 24.2 Å². The van der Waals surface area contributed by atoms with Crippen LogP contribution in [0.5, 0.6) is 5.75 Å². The molecule has 10 heteroatoms. The van der Waals surface area contributed by atoms with E-state index in [0.29, 0.717) is 41.8 Å². The molecule has 2 N–H and O–H groups in total. The number of hydrogen-bond acceptors (Lipinski definition) is 8. The van der Waals surface area contributed by atoms with E-state index in [0.717, 1.165) is 74.4 Å². The monoisotopic (exact) mass is 651 g/mol. The molecule has 1 amide bonds. The Hall–Kier alpha value is -3.99. The normalized spacial score (nSPS) is 23.0. The molecule has 0 spiro atoms. The van der Waals surface area contributed by atoms with E-state index in [-0.39, 0.29) is 11.9 Å². The van der Waals surface area contributed by atoms with Gasteiger partial charge in [-0.3, -0.25) is 20.0 Å². The quantitative estimate of drug-likeness (QED) is 0.261. The second-order valence-corrected chi connectivity index (χ2v) is 14.3. The van der Waals surface area contributed by atoms with Crippen molar-refractivity contribution in [3.05, 3.63) is 65.9 Å². The molecule has 2 aromatic carbocycles. The average molecular weight is 652 g/mol. The Kier molecular flexibility index (Phi) is 9.15. The van der Waals surface area contributed by atoms with Crippen LogP contribution in [0.1, 0.15) is 67.5 Å². The van der Waals surface area contributed by atoms with Crippen molar-refractivity contribution in [2.24, 2.45) is 0 Å². The molecular formula is C38H49N7O3. The molecule has 4 aromatic rings. The van der Waals surface area contributed by atoms with Gasteiger partial charge in [-0.2, -0.15) is 0 Å². The zero-order chi connectivity index (χ0) is 33.4. The van der Waals surface area contributed by atoms with Crippen molar-refractivity contribution < 1.29 is 14.6 Å². The fraction of sp³-hybridized carbons (Fsp3) is 0.500. The Labute approximate surface area is 283 Å². The lowest BCUT2D eigenvalue weighted by Crippen LogP contribution is -2.52. The number of amides is 1. The van der Waals surface area contributed by atoms with Gasteiger partial charge in [0, 0.05) is 73.9 Å². The summed E-state index contributed by atoms with van der Waals surface area (Å²) in [5, 5.41) is 14.0. The molecular weight excluding hydrogens is 602 g/mol. The summed E-state index contributed by atoms with van der Waals surface area (Å²) in [6.45, 7) is 10.5. The van der Waals surface area contributed by atoms with E-state index in [4.69, 9.17) is 14.7 Å². The van der Waals surface area contributed by atoms with Gasteiger partial charge in [-0.15, -0.1) is 0 Å². The molecule has 4 heterocycles. The molecule has 0 atom stereocenters. The predicted molar refractivity (Wildman–Crippen MR) is 191 cm³/mol. The van der Waals surface area contributed by atoms with E-state index in [1.54, 1.807) is 7.11 Å². The highest BCUT2D eigenvalue weighted by Crippen LogP contribution is 2.39. The van der Waals surface area contributed by atoms with Crippen LogP contribution in [-0.2, 0) is 0 Å². The highest BCUT2D eigenvalue weighted by Gasteiger charge is 2.33. The minimum Gasteiger partial charge on any atom is -0.496 e. The molecule has 7 rings (SSSR count). The number of anilines is 2. The number of pyridine rings is 1. The zero-order valence-electron chi connectivity index (χ0n) is 28.8. The summed E-state index contributed by atoms with van der Waals surface area (Å²) in [5.74, 6) is 1.01. The number of hydrogen-bond donors (Lipinski definition) is 2. The molecule has 0 radical (unpaired) electrons. The topological polar surface area (TPSA) is 99.0 Å². The first kappa shape index (κ1) is 32.6. The summed E-state index contributed by atoms with van der Waals surface area (Å²) >= 11 is 0. The summed E-state index contributed by atoms with van der Waals surface area (Å²) in [5.41, 5.74) is 5.19. The first-order valence-electron chi connectivity index (χ1n) is 17.5. The van der Waals surface area contributed by atoms with Crippen LogP contribution in [0.4, 0.5) is 11.6 Å². The van der Waals surface area contributed by atoms with E-state index < -0.39 is 5.60 Å². The van der Waals surface area contributed by atoms with Crippen LogP contribution in [0.25, 0.3) is 22.3 Å². The van der Waals surface area contributed by atoms with Crippen molar-refractivity contribution in [1.29, 1.82) is 0 Å². The number of aliphatic hydroxyl groups is 1. The number of aromatic nitrogens is 3. The zero-order valence-corrected chi connectivity index (χ0v) is 28.8. The van der Waals surface area contributed by atoms with Gasteiger partial charge in [-0.1, -0.05) is 12.1 Å². The van der Waals surface area contributed by atoms with Crippen molar-refractivity contribution in [3.8, 4) is 17.0 Å². The highest BCUT2D eigenvalue weighted by atomic mass is 16.5. The second-order valence-electron chi connectivity index (χ2n) is 14.3. The molecule has 254 valence electrons. The fourth-order valence-electron chi connectivity index (χ4n) is 7.86.